The lowest BCUT2D eigenvalue weighted by atomic mass is 9.95. The van der Waals surface area contributed by atoms with Gasteiger partial charge in [-0.1, -0.05) is 62.4 Å². The Morgan fingerprint density at radius 3 is 2.31 bits per heavy atom. The van der Waals surface area contributed by atoms with Gasteiger partial charge in [0.2, 0.25) is 15.9 Å². The van der Waals surface area contributed by atoms with Crippen molar-refractivity contribution in [3.8, 4) is 0 Å². The smallest absolute Gasteiger partial charge is 0.244 e. The summed E-state index contributed by atoms with van der Waals surface area (Å²) in [5, 5.41) is 2.93. The Kier molecular flexibility index (Phi) is 6.17. The van der Waals surface area contributed by atoms with Gasteiger partial charge in [-0.15, -0.1) is 0 Å². The molecule has 1 N–H and O–H groups in total. The SMILES string of the molecule is Cc1cccc(S(=O)(=O)N2Cc3ccccc3CC2C(=O)Nc2ccc(C(C)C)cc2)c1. The van der Waals surface area contributed by atoms with Gasteiger partial charge in [0.25, 0.3) is 0 Å². The number of hydrogen-bond acceptors (Lipinski definition) is 3. The molecule has 166 valence electrons. The van der Waals surface area contributed by atoms with Crippen molar-refractivity contribution < 1.29 is 13.2 Å². The van der Waals surface area contributed by atoms with E-state index in [1.165, 1.54) is 9.87 Å². The van der Waals surface area contributed by atoms with Crippen LogP contribution in [0.1, 0.15) is 42.0 Å². The number of amides is 1. The summed E-state index contributed by atoms with van der Waals surface area (Å²) in [5.74, 6) is 0.0672. The quantitative estimate of drug-likeness (QED) is 0.605. The molecule has 0 saturated carbocycles. The number of aryl methyl sites for hydroxylation is 1. The van der Waals surface area contributed by atoms with Crippen LogP contribution in [-0.4, -0.2) is 24.7 Å². The summed E-state index contributed by atoms with van der Waals surface area (Å²) in [6.45, 7) is 6.24. The Bertz CT molecular complexity index is 1230. The van der Waals surface area contributed by atoms with E-state index in [4.69, 9.17) is 0 Å². The van der Waals surface area contributed by atoms with E-state index in [2.05, 4.69) is 19.2 Å². The highest BCUT2D eigenvalue weighted by molar-refractivity contribution is 7.89. The van der Waals surface area contributed by atoms with E-state index < -0.39 is 16.1 Å². The number of nitrogens with one attached hydrogen (secondary N) is 1. The van der Waals surface area contributed by atoms with Crippen LogP contribution in [0.25, 0.3) is 0 Å². The molecule has 1 heterocycles. The standard InChI is InChI=1S/C26H28N2O3S/c1-18(2)20-11-13-23(14-12-20)27-26(29)25-16-21-8-4-5-9-22(21)17-28(25)32(30,31)24-10-6-7-19(3)15-24/h4-15,18,25H,16-17H2,1-3H3,(H,27,29). The minimum atomic E-state index is -3.86. The van der Waals surface area contributed by atoms with Crippen LogP contribution in [0.4, 0.5) is 5.69 Å². The van der Waals surface area contributed by atoms with Gasteiger partial charge in [0.1, 0.15) is 6.04 Å². The maximum Gasteiger partial charge on any atom is 0.244 e. The molecule has 0 aromatic heterocycles. The molecule has 1 atom stereocenters. The predicted octanol–water partition coefficient (Wildman–Crippen LogP) is 4.87. The van der Waals surface area contributed by atoms with Gasteiger partial charge in [-0.2, -0.15) is 4.31 Å². The van der Waals surface area contributed by atoms with Crippen LogP contribution in [0.3, 0.4) is 0 Å². The first-order valence-corrected chi connectivity index (χ1v) is 12.3. The summed E-state index contributed by atoms with van der Waals surface area (Å²) >= 11 is 0. The lowest BCUT2D eigenvalue weighted by molar-refractivity contribution is -0.120. The summed E-state index contributed by atoms with van der Waals surface area (Å²) < 4.78 is 28.5. The summed E-state index contributed by atoms with van der Waals surface area (Å²) in [4.78, 5) is 13.5. The maximum atomic E-state index is 13.6. The third-order valence-corrected chi connectivity index (χ3v) is 7.80. The van der Waals surface area contributed by atoms with E-state index in [0.29, 0.717) is 18.0 Å². The largest absolute Gasteiger partial charge is 0.325 e. The highest BCUT2D eigenvalue weighted by Crippen LogP contribution is 2.30. The molecule has 32 heavy (non-hydrogen) atoms. The second-order valence-corrected chi connectivity index (χ2v) is 10.5. The predicted molar refractivity (Wildman–Crippen MR) is 127 cm³/mol. The summed E-state index contributed by atoms with van der Waals surface area (Å²) in [7, 11) is -3.86. The van der Waals surface area contributed by atoms with Gasteiger partial charge < -0.3 is 5.32 Å². The number of hydrogen-bond donors (Lipinski definition) is 1. The zero-order chi connectivity index (χ0) is 22.9. The summed E-state index contributed by atoms with van der Waals surface area (Å²) in [6, 6.07) is 21.4. The van der Waals surface area contributed by atoms with Gasteiger partial charge in [-0.3, -0.25) is 4.79 Å². The van der Waals surface area contributed by atoms with Gasteiger partial charge in [-0.25, -0.2) is 8.42 Å². The van der Waals surface area contributed by atoms with E-state index in [9.17, 15) is 13.2 Å². The van der Waals surface area contributed by atoms with Crippen molar-refractivity contribution in [1.82, 2.24) is 4.31 Å². The average Bonchev–Trinajstić information content (AvgIpc) is 2.78. The molecule has 5 nitrogen and oxygen atoms in total. The first kappa shape index (κ1) is 22.2. The lowest BCUT2D eigenvalue weighted by Gasteiger charge is -2.35. The molecule has 0 aliphatic carbocycles. The van der Waals surface area contributed by atoms with Crippen LogP contribution in [0, 0.1) is 6.92 Å². The summed E-state index contributed by atoms with van der Waals surface area (Å²) in [5.41, 5.74) is 4.62. The molecule has 1 amide bonds. The Morgan fingerprint density at radius 2 is 1.66 bits per heavy atom. The number of anilines is 1. The van der Waals surface area contributed by atoms with Gasteiger partial charge >= 0.3 is 0 Å². The van der Waals surface area contributed by atoms with Gasteiger partial charge in [0, 0.05) is 12.2 Å². The number of carbonyl (C=O) groups excluding carboxylic acids is 1. The Hall–Kier alpha value is -2.96. The number of carbonyl (C=O) groups is 1. The number of fused-ring (bicyclic) bond motifs is 1. The van der Waals surface area contributed by atoms with Crippen LogP contribution in [0.15, 0.2) is 77.7 Å². The van der Waals surface area contributed by atoms with Crippen LogP contribution in [0.5, 0.6) is 0 Å². The Labute approximate surface area is 190 Å². The van der Waals surface area contributed by atoms with Crippen molar-refractivity contribution in [2.75, 3.05) is 5.32 Å². The van der Waals surface area contributed by atoms with Crippen LogP contribution in [0.2, 0.25) is 0 Å². The zero-order valence-corrected chi connectivity index (χ0v) is 19.4. The van der Waals surface area contributed by atoms with E-state index in [1.54, 1.807) is 18.2 Å². The van der Waals surface area contributed by atoms with Crippen molar-refractivity contribution in [3.05, 3.63) is 95.1 Å². The third-order valence-electron chi connectivity index (χ3n) is 5.95. The highest BCUT2D eigenvalue weighted by Gasteiger charge is 2.39. The van der Waals surface area contributed by atoms with E-state index in [1.807, 2.05) is 61.5 Å². The molecule has 1 aliphatic rings. The van der Waals surface area contributed by atoms with Crippen molar-refractivity contribution >= 4 is 21.6 Å². The van der Waals surface area contributed by atoms with Gasteiger partial charge in [-0.05, 0) is 65.8 Å². The zero-order valence-electron chi connectivity index (χ0n) is 18.6. The fourth-order valence-corrected chi connectivity index (χ4v) is 5.73. The Balaban J connectivity index is 1.67. The first-order chi connectivity index (χ1) is 15.3. The van der Waals surface area contributed by atoms with Crippen molar-refractivity contribution in [3.63, 3.8) is 0 Å². The molecule has 6 heteroatoms. The molecule has 3 aromatic rings. The lowest BCUT2D eigenvalue weighted by Crippen LogP contribution is -2.50. The monoisotopic (exact) mass is 448 g/mol. The molecule has 0 saturated heterocycles. The third kappa shape index (κ3) is 4.47. The van der Waals surface area contributed by atoms with Crippen molar-refractivity contribution in [2.24, 2.45) is 0 Å². The van der Waals surface area contributed by atoms with Crippen LogP contribution in [-0.2, 0) is 27.8 Å². The molecule has 1 aliphatic heterocycles. The minimum absolute atomic E-state index is 0.164. The van der Waals surface area contributed by atoms with E-state index >= 15 is 0 Å². The van der Waals surface area contributed by atoms with E-state index in [0.717, 1.165) is 16.7 Å². The van der Waals surface area contributed by atoms with Crippen molar-refractivity contribution in [1.29, 1.82) is 0 Å². The molecular weight excluding hydrogens is 420 g/mol. The number of rotatable bonds is 5. The fourth-order valence-electron chi connectivity index (χ4n) is 4.06. The minimum Gasteiger partial charge on any atom is -0.325 e. The summed E-state index contributed by atoms with van der Waals surface area (Å²) in [6.07, 6.45) is 0.330. The molecule has 0 bridgehead atoms. The molecule has 1 unspecified atom stereocenters. The molecule has 0 radical (unpaired) electrons. The second-order valence-electron chi connectivity index (χ2n) is 8.62. The van der Waals surface area contributed by atoms with Gasteiger partial charge in [0.05, 0.1) is 4.90 Å². The Morgan fingerprint density at radius 1 is 0.969 bits per heavy atom. The maximum absolute atomic E-state index is 13.6. The van der Waals surface area contributed by atoms with Crippen LogP contribution < -0.4 is 5.32 Å². The first-order valence-electron chi connectivity index (χ1n) is 10.8. The molecule has 0 spiro atoms. The van der Waals surface area contributed by atoms with Gasteiger partial charge in [0.15, 0.2) is 0 Å². The molecule has 3 aromatic carbocycles. The topological polar surface area (TPSA) is 66.5 Å². The fraction of sp³-hybridized carbons (Fsp3) is 0.269. The highest BCUT2D eigenvalue weighted by atomic mass is 32.2. The normalized spacial score (nSPS) is 16.6. The van der Waals surface area contributed by atoms with Crippen LogP contribution >= 0.6 is 0 Å². The second kappa shape index (κ2) is 8.88. The molecular formula is C26H28N2O3S. The molecule has 4 rings (SSSR count). The number of benzene rings is 3. The number of nitrogens with zero attached hydrogens (tertiary/aromatic N) is 1. The van der Waals surface area contributed by atoms with E-state index in [-0.39, 0.29) is 17.3 Å². The molecule has 0 fully saturated rings. The number of sulfonamides is 1. The van der Waals surface area contributed by atoms with Crippen molar-refractivity contribution in [2.45, 2.75) is 50.6 Å². The average molecular weight is 449 g/mol.